The fourth-order valence-electron chi connectivity index (χ4n) is 2.58. The van der Waals surface area contributed by atoms with Gasteiger partial charge in [0.25, 0.3) is 0 Å². The average Bonchev–Trinajstić information content (AvgIpc) is 2.47. The van der Waals surface area contributed by atoms with E-state index in [0.29, 0.717) is 5.92 Å². The lowest BCUT2D eigenvalue weighted by atomic mass is 10.0. The highest BCUT2D eigenvalue weighted by atomic mass is 16.2. The minimum Gasteiger partial charge on any atom is -0.322 e. The SMILES string of the molecule is CCN1CCN(C(=O)Nc2ccccc2C(C)C)CC1. The fraction of sp³-hybridized carbons (Fsp3) is 0.562. The highest BCUT2D eigenvalue weighted by Crippen LogP contribution is 2.24. The molecule has 2 rings (SSSR count). The largest absolute Gasteiger partial charge is 0.322 e. The van der Waals surface area contributed by atoms with Crippen molar-refractivity contribution in [2.24, 2.45) is 0 Å². The molecule has 0 aromatic heterocycles. The number of para-hydroxylation sites is 1. The Labute approximate surface area is 121 Å². The first-order valence-corrected chi connectivity index (χ1v) is 7.49. The van der Waals surface area contributed by atoms with E-state index in [-0.39, 0.29) is 6.03 Å². The Morgan fingerprint density at radius 1 is 1.20 bits per heavy atom. The molecule has 4 nitrogen and oxygen atoms in total. The molecule has 1 aliphatic heterocycles. The van der Waals surface area contributed by atoms with E-state index < -0.39 is 0 Å². The summed E-state index contributed by atoms with van der Waals surface area (Å²) in [4.78, 5) is 16.6. The van der Waals surface area contributed by atoms with Gasteiger partial charge in [-0.1, -0.05) is 39.0 Å². The normalized spacial score (nSPS) is 16.5. The van der Waals surface area contributed by atoms with Crippen LogP contribution in [-0.2, 0) is 0 Å². The third-order valence-electron chi connectivity index (χ3n) is 3.93. The molecule has 1 N–H and O–H groups in total. The predicted octanol–water partition coefficient (Wildman–Crippen LogP) is 2.98. The van der Waals surface area contributed by atoms with Crippen LogP contribution < -0.4 is 5.32 Å². The number of amides is 2. The number of benzene rings is 1. The third-order valence-corrected chi connectivity index (χ3v) is 3.93. The maximum absolute atomic E-state index is 12.3. The number of nitrogens with one attached hydrogen (secondary N) is 1. The Balaban J connectivity index is 1.98. The van der Waals surface area contributed by atoms with Gasteiger partial charge in [-0.3, -0.25) is 0 Å². The first-order chi connectivity index (χ1) is 9.61. The second-order valence-corrected chi connectivity index (χ2v) is 5.59. The Morgan fingerprint density at radius 3 is 2.45 bits per heavy atom. The van der Waals surface area contributed by atoms with Crippen LogP contribution in [0.25, 0.3) is 0 Å². The van der Waals surface area contributed by atoms with Gasteiger partial charge in [0, 0.05) is 31.9 Å². The van der Waals surface area contributed by atoms with Crippen molar-refractivity contribution in [3.8, 4) is 0 Å². The number of rotatable bonds is 3. The smallest absolute Gasteiger partial charge is 0.321 e. The Kier molecular flexibility index (Phi) is 5.01. The first-order valence-electron chi connectivity index (χ1n) is 7.49. The van der Waals surface area contributed by atoms with Gasteiger partial charge in [0.1, 0.15) is 0 Å². The topological polar surface area (TPSA) is 35.6 Å². The molecule has 0 aliphatic carbocycles. The van der Waals surface area contributed by atoms with E-state index in [1.165, 1.54) is 5.56 Å². The number of likely N-dealkylation sites (N-methyl/N-ethyl adjacent to an activating group) is 1. The lowest BCUT2D eigenvalue weighted by Crippen LogP contribution is -2.49. The molecule has 20 heavy (non-hydrogen) atoms. The number of piperazine rings is 1. The van der Waals surface area contributed by atoms with Crippen molar-refractivity contribution in [3.05, 3.63) is 29.8 Å². The van der Waals surface area contributed by atoms with Gasteiger partial charge in [-0.25, -0.2) is 4.79 Å². The van der Waals surface area contributed by atoms with Gasteiger partial charge < -0.3 is 15.1 Å². The molecule has 1 saturated heterocycles. The van der Waals surface area contributed by atoms with Gasteiger partial charge >= 0.3 is 6.03 Å². The molecular formula is C16H25N3O. The molecule has 0 spiro atoms. The highest BCUT2D eigenvalue weighted by Gasteiger charge is 2.20. The van der Waals surface area contributed by atoms with Gasteiger partial charge in [-0.2, -0.15) is 0 Å². The summed E-state index contributed by atoms with van der Waals surface area (Å²) in [6, 6.07) is 8.07. The summed E-state index contributed by atoms with van der Waals surface area (Å²) in [6.45, 7) is 11.1. The van der Waals surface area contributed by atoms with Gasteiger partial charge in [0.15, 0.2) is 0 Å². The van der Waals surface area contributed by atoms with E-state index in [2.05, 4.69) is 37.1 Å². The van der Waals surface area contributed by atoms with Crippen LogP contribution in [0.3, 0.4) is 0 Å². The van der Waals surface area contributed by atoms with Crippen LogP contribution in [0, 0.1) is 0 Å². The number of carbonyl (C=O) groups is 1. The maximum atomic E-state index is 12.3. The van der Waals surface area contributed by atoms with Crippen LogP contribution in [0.5, 0.6) is 0 Å². The Hall–Kier alpha value is -1.55. The number of anilines is 1. The van der Waals surface area contributed by atoms with E-state index in [1.807, 2.05) is 23.1 Å². The van der Waals surface area contributed by atoms with Crippen LogP contribution in [0.2, 0.25) is 0 Å². The van der Waals surface area contributed by atoms with Crippen molar-refractivity contribution in [3.63, 3.8) is 0 Å². The van der Waals surface area contributed by atoms with Crippen molar-refractivity contribution < 1.29 is 4.79 Å². The van der Waals surface area contributed by atoms with Crippen molar-refractivity contribution in [2.75, 3.05) is 38.0 Å². The second kappa shape index (κ2) is 6.75. The molecular weight excluding hydrogens is 250 g/mol. The Morgan fingerprint density at radius 2 is 1.85 bits per heavy atom. The number of carbonyl (C=O) groups excluding carboxylic acids is 1. The van der Waals surface area contributed by atoms with Crippen LogP contribution in [-0.4, -0.2) is 48.6 Å². The van der Waals surface area contributed by atoms with Crippen LogP contribution in [0.15, 0.2) is 24.3 Å². The van der Waals surface area contributed by atoms with Crippen molar-refractivity contribution in [2.45, 2.75) is 26.7 Å². The minimum atomic E-state index is 0.0221. The average molecular weight is 275 g/mol. The zero-order chi connectivity index (χ0) is 14.5. The fourth-order valence-corrected chi connectivity index (χ4v) is 2.58. The van der Waals surface area contributed by atoms with Gasteiger partial charge in [-0.05, 0) is 24.1 Å². The van der Waals surface area contributed by atoms with E-state index >= 15 is 0 Å². The summed E-state index contributed by atoms with van der Waals surface area (Å²) in [5.74, 6) is 0.406. The number of hydrogen-bond donors (Lipinski definition) is 1. The predicted molar refractivity (Wildman–Crippen MR) is 83.2 cm³/mol. The summed E-state index contributed by atoms with van der Waals surface area (Å²) >= 11 is 0. The molecule has 0 atom stereocenters. The molecule has 0 saturated carbocycles. The molecule has 1 aromatic carbocycles. The number of hydrogen-bond acceptors (Lipinski definition) is 2. The molecule has 2 amide bonds. The second-order valence-electron chi connectivity index (χ2n) is 5.59. The third kappa shape index (κ3) is 3.51. The zero-order valence-corrected chi connectivity index (χ0v) is 12.7. The molecule has 1 heterocycles. The monoisotopic (exact) mass is 275 g/mol. The van der Waals surface area contributed by atoms with Gasteiger partial charge in [0.2, 0.25) is 0 Å². The summed E-state index contributed by atoms with van der Waals surface area (Å²) in [5, 5.41) is 3.06. The van der Waals surface area contributed by atoms with Crippen molar-refractivity contribution in [1.29, 1.82) is 0 Å². The minimum absolute atomic E-state index is 0.0221. The Bertz CT molecular complexity index is 451. The van der Waals surface area contributed by atoms with E-state index in [9.17, 15) is 4.79 Å². The van der Waals surface area contributed by atoms with E-state index in [1.54, 1.807) is 0 Å². The summed E-state index contributed by atoms with van der Waals surface area (Å²) in [7, 11) is 0. The van der Waals surface area contributed by atoms with Crippen molar-refractivity contribution >= 4 is 11.7 Å². The lowest BCUT2D eigenvalue weighted by Gasteiger charge is -2.34. The first kappa shape index (κ1) is 14.9. The number of urea groups is 1. The van der Waals surface area contributed by atoms with Gasteiger partial charge in [0.05, 0.1) is 0 Å². The van der Waals surface area contributed by atoms with Crippen LogP contribution in [0.4, 0.5) is 10.5 Å². The molecule has 0 unspecified atom stereocenters. The van der Waals surface area contributed by atoms with E-state index in [4.69, 9.17) is 0 Å². The summed E-state index contributed by atoms with van der Waals surface area (Å²) < 4.78 is 0. The zero-order valence-electron chi connectivity index (χ0n) is 12.7. The van der Waals surface area contributed by atoms with Crippen LogP contribution in [0.1, 0.15) is 32.3 Å². The number of nitrogens with zero attached hydrogens (tertiary/aromatic N) is 2. The molecule has 0 bridgehead atoms. The maximum Gasteiger partial charge on any atom is 0.321 e. The lowest BCUT2D eigenvalue weighted by molar-refractivity contribution is 0.151. The molecule has 0 radical (unpaired) electrons. The molecule has 110 valence electrons. The van der Waals surface area contributed by atoms with E-state index in [0.717, 1.165) is 38.4 Å². The standard InChI is InChI=1S/C16H25N3O/c1-4-18-9-11-19(12-10-18)16(20)17-15-8-6-5-7-14(15)13(2)3/h5-8,13H,4,9-12H2,1-3H3,(H,17,20). The van der Waals surface area contributed by atoms with Gasteiger partial charge in [-0.15, -0.1) is 0 Å². The quantitative estimate of drug-likeness (QED) is 0.920. The summed E-state index contributed by atoms with van der Waals surface area (Å²) in [6.07, 6.45) is 0. The van der Waals surface area contributed by atoms with Crippen molar-refractivity contribution in [1.82, 2.24) is 9.80 Å². The molecule has 1 aromatic rings. The summed E-state index contributed by atoms with van der Waals surface area (Å²) in [5.41, 5.74) is 2.12. The molecule has 4 heteroatoms. The molecule has 1 fully saturated rings. The highest BCUT2D eigenvalue weighted by molar-refractivity contribution is 5.90. The molecule has 1 aliphatic rings. The van der Waals surface area contributed by atoms with Crippen LogP contribution >= 0.6 is 0 Å².